The van der Waals surface area contributed by atoms with Crippen molar-refractivity contribution in [3.63, 3.8) is 0 Å². The number of aromatic nitrogens is 3. The highest BCUT2D eigenvalue weighted by atomic mass is 79.9. The number of carbonyl (C=O) groups excluding carboxylic acids is 1. The normalized spacial score (nSPS) is 10.8. The van der Waals surface area contributed by atoms with E-state index in [-0.39, 0.29) is 19.1 Å². The molecule has 0 saturated heterocycles. The molecule has 1 N–H and O–H groups in total. The van der Waals surface area contributed by atoms with Gasteiger partial charge in [0, 0.05) is 25.4 Å². The van der Waals surface area contributed by atoms with Gasteiger partial charge >= 0.3 is 0 Å². The number of nitrogens with zero attached hydrogens (tertiary/aromatic N) is 3. The first-order chi connectivity index (χ1) is 16.5. The predicted molar refractivity (Wildman–Crippen MR) is 142 cm³/mol. The van der Waals surface area contributed by atoms with Gasteiger partial charge in [-0.05, 0) is 66.2 Å². The minimum absolute atomic E-state index is 0.112. The van der Waals surface area contributed by atoms with Gasteiger partial charge in [-0.1, -0.05) is 67.4 Å². The Balaban J connectivity index is 1.45. The number of nitrogens with one attached hydrogen (secondary N) is 1. The molecule has 4 aromatic rings. The first-order valence-corrected chi connectivity index (χ1v) is 13.2. The van der Waals surface area contributed by atoms with E-state index in [9.17, 15) is 4.79 Å². The van der Waals surface area contributed by atoms with E-state index in [4.69, 9.17) is 16.3 Å². The maximum Gasteiger partial charge on any atom is 0.258 e. The molecule has 0 aliphatic carbocycles. The van der Waals surface area contributed by atoms with Gasteiger partial charge in [0.2, 0.25) is 0 Å². The zero-order chi connectivity index (χ0) is 23.9. The van der Waals surface area contributed by atoms with Gasteiger partial charge in [0.05, 0.1) is 6.54 Å². The molecule has 0 radical (unpaired) electrons. The number of hydrogen-bond donors (Lipinski definition) is 1. The monoisotopic (exact) mass is 620 g/mol. The van der Waals surface area contributed by atoms with Crippen LogP contribution in [0.1, 0.15) is 11.4 Å². The molecular formula is C24H19Br2ClN4O2S. The summed E-state index contributed by atoms with van der Waals surface area (Å²) < 4.78 is 9.48. The summed E-state index contributed by atoms with van der Waals surface area (Å²) in [4.78, 5) is 12.4. The van der Waals surface area contributed by atoms with Gasteiger partial charge in [-0.25, -0.2) is 0 Å². The Morgan fingerprint density at radius 1 is 0.941 bits per heavy atom. The predicted octanol–water partition coefficient (Wildman–Crippen LogP) is 6.43. The molecule has 1 amide bonds. The average Bonchev–Trinajstić information content (AvgIpc) is 3.25. The van der Waals surface area contributed by atoms with Gasteiger partial charge in [-0.15, -0.1) is 10.2 Å². The maximum absolute atomic E-state index is 12.4. The van der Waals surface area contributed by atoms with Crippen molar-refractivity contribution in [2.24, 2.45) is 0 Å². The lowest BCUT2D eigenvalue weighted by molar-refractivity contribution is -0.123. The maximum atomic E-state index is 12.4. The molecule has 0 aliphatic rings. The lowest BCUT2D eigenvalue weighted by atomic mass is 10.2. The van der Waals surface area contributed by atoms with E-state index >= 15 is 0 Å². The number of carbonyl (C=O) groups is 1. The molecule has 0 atom stereocenters. The molecule has 0 fully saturated rings. The number of amides is 1. The molecule has 0 bridgehead atoms. The second-order valence-corrected chi connectivity index (χ2v) is 10.4. The summed E-state index contributed by atoms with van der Waals surface area (Å²) in [6.07, 6.45) is 0. The van der Waals surface area contributed by atoms with E-state index in [1.165, 1.54) is 5.56 Å². The molecule has 0 unspecified atom stereocenters. The van der Waals surface area contributed by atoms with Crippen LogP contribution in [0.2, 0.25) is 5.02 Å². The quantitative estimate of drug-likeness (QED) is 0.218. The number of benzene rings is 3. The SMILES string of the molecule is O=C(COc1ccc(Cl)cc1)NCc1nnc(SCc2ccc(Br)cc2)n1-c1ccc(Br)cc1. The van der Waals surface area contributed by atoms with E-state index in [1.807, 2.05) is 41.0 Å². The summed E-state index contributed by atoms with van der Waals surface area (Å²) in [5, 5.41) is 12.9. The zero-order valence-corrected chi connectivity index (χ0v) is 22.5. The summed E-state index contributed by atoms with van der Waals surface area (Å²) in [6, 6.07) is 22.9. The number of rotatable bonds is 9. The lowest BCUT2D eigenvalue weighted by Gasteiger charge is -2.12. The van der Waals surface area contributed by atoms with Crippen molar-refractivity contribution in [3.05, 3.63) is 98.2 Å². The van der Waals surface area contributed by atoms with E-state index < -0.39 is 0 Å². The summed E-state index contributed by atoms with van der Waals surface area (Å²) >= 11 is 14.4. The highest BCUT2D eigenvalue weighted by Crippen LogP contribution is 2.26. The van der Waals surface area contributed by atoms with Crippen molar-refractivity contribution in [1.82, 2.24) is 20.1 Å². The van der Waals surface area contributed by atoms with Crippen molar-refractivity contribution >= 4 is 61.1 Å². The van der Waals surface area contributed by atoms with Gasteiger partial charge in [0.1, 0.15) is 5.75 Å². The van der Waals surface area contributed by atoms with Crippen LogP contribution in [0.3, 0.4) is 0 Å². The number of halogens is 3. The molecule has 3 aromatic carbocycles. The van der Waals surface area contributed by atoms with Gasteiger partial charge < -0.3 is 10.1 Å². The molecule has 10 heteroatoms. The third-order valence-corrected chi connectivity index (χ3v) is 7.00. The van der Waals surface area contributed by atoms with E-state index in [0.717, 1.165) is 25.5 Å². The van der Waals surface area contributed by atoms with Crippen LogP contribution in [0.4, 0.5) is 0 Å². The molecule has 0 saturated carbocycles. The molecular weight excluding hydrogens is 604 g/mol. The van der Waals surface area contributed by atoms with Crippen molar-refractivity contribution in [2.45, 2.75) is 17.5 Å². The van der Waals surface area contributed by atoms with Crippen LogP contribution in [-0.2, 0) is 17.1 Å². The Bertz CT molecular complexity index is 1250. The van der Waals surface area contributed by atoms with Crippen LogP contribution in [0.5, 0.6) is 5.75 Å². The molecule has 1 aromatic heterocycles. The van der Waals surface area contributed by atoms with Crippen molar-refractivity contribution < 1.29 is 9.53 Å². The zero-order valence-electron chi connectivity index (χ0n) is 17.7. The Morgan fingerprint density at radius 2 is 1.59 bits per heavy atom. The third kappa shape index (κ3) is 6.85. The van der Waals surface area contributed by atoms with Crippen LogP contribution >= 0.6 is 55.2 Å². The molecule has 0 aliphatic heterocycles. The molecule has 34 heavy (non-hydrogen) atoms. The molecule has 6 nitrogen and oxygen atoms in total. The minimum Gasteiger partial charge on any atom is -0.484 e. The second kappa shape index (κ2) is 11.9. The standard InChI is InChI=1S/C24H19Br2ClN4O2S/c25-17-3-1-16(2-4-17)15-34-24-30-29-22(31(24)20-9-5-18(26)6-10-20)13-28-23(32)14-33-21-11-7-19(27)8-12-21/h1-12H,13-15H2,(H,28,32). The highest BCUT2D eigenvalue weighted by molar-refractivity contribution is 9.10. The summed E-state index contributed by atoms with van der Waals surface area (Å²) in [5.74, 6) is 1.68. The lowest BCUT2D eigenvalue weighted by Crippen LogP contribution is -2.29. The number of ether oxygens (including phenoxy) is 1. The molecule has 1 heterocycles. The second-order valence-electron chi connectivity index (χ2n) is 7.15. The van der Waals surface area contributed by atoms with Crippen molar-refractivity contribution in [2.75, 3.05) is 6.61 Å². The first-order valence-electron chi connectivity index (χ1n) is 10.2. The Hall–Kier alpha value is -2.33. The van der Waals surface area contributed by atoms with Gasteiger partial charge in [0.15, 0.2) is 17.6 Å². The van der Waals surface area contributed by atoms with Crippen LogP contribution in [0.25, 0.3) is 5.69 Å². The highest BCUT2D eigenvalue weighted by Gasteiger charge is 2.16. The molecule has 4 rings (SSSR count). The van der Waals surface area contributed by atoms with Crippen LogP contribution in [0, 0.1) is 0 Å². The Morgan fingerprint density at radius 3 is 2.26 bits per heavy atom. The van der Waals surface area contributed by atoms with Crippen LogP contribution < -0.4 is 10.1 Å². The fourth-order valence-electron chi connectivity index (χ4n) is 2.99. The van der Waals surface area contributed by atoms with Gasteiger partial charge in [-0.2, -0.15) is 0 Å². The first kappa shape index (κ1) is 24.8. The molecule has 174 valence electrons. The van der Waals surface area contributed by atoms with Crippen LogP contribution in [-0.4, -0.2) is 27.3 Å². The Kier molecular flexibility index (Phi) is 8.66. The topological polar surface area (TPSA) is 69.0 Å². The largest absolute Gasteiger partial charge is 0.484 e. The number of hydrogen-bond acceptors (Lipinski definition) is 5. The van der Waals surface area contributed by atoms with E-state index in [0.29, 0.717) is 16.6 Å². The fourth-order valence-corrected chi connectivity index (χ4v) is 4.58. The van der Waals surface area contributed by atoms with Crippen molar-refractivity contribution in [1.29, 1.82) is 0 Å². The average molecular weight is 623 g/mol. The van der Waals surface area contributed by atoms with Gasteiger partial charge in [0.25, 0.3) is 5.91 Å². The van der Waals surface area contributed by atoms with E-state index in [1.54, 1.807) is 36.0 Å². The van der Waals surface area contributed by atoms with Crippen molar-refractivity contribution in [3.8, 4) is 11.4 Å². The number of thioether (sulfide) groups is 1. The summed E-state index contributed by atoms with van der Waals surface area (Å²) in [6.45, 7) is 0.101. The fraction of sp³-hybridized carbons (Fsp3) is 0.125. The Labute approximate surface area is 223 Å². The summed E-state index contributed by atoms with van der Waals surface area (Å²) in [7, 11) is 0. The minimum atomic E-state index is -0.260. The van der Waals surface area contributed by atoms with Crippen LogP contribution in [0.15, 0.2) is 86.9 Å². The van der Waals surface area contributed by atoms with E-state index in [2.05, 4.69) is 59.5 Å². The smallest absolute Gasteiger partial charge is 0.258 e. The molecule has 0 spiro atoms. The summed E-state index contributed by atoms with van der Waals surface area (Å²) in [5.41, 5.74) is 2.08. The third-order valence-electron chi connectivity index (χ3n) is 4.69. The van der Waals surface area contributed by atoms with Gasteiger partial charge in [-0.3, -0.25) is 9.36 Å².